The summed E-state index contributed by atoms with van der Waals surface area (Å²) in [5, 5.41) is 4.98. The number of benzene rings is 2. The first-order valence-corrected chi connectivity index (χ1v) is 11.5. The van der Waals surface area contributed by atoms with Crippen molar-refractivity contribution >= 4 is 68.6 Å². The Morgan fingerprint density at radius 2 is 1.73 bits per heavy atom. The highest BCUT2D eigenvalue weighted by atomic mass is 79.9. The second kappa shape index (κ2) is 11.6. The van der Waals surface area contributed by atoms with E-state index in [9.17, 15) is 22.8 Å². The Bertz CT molecular complexity index is 1050. The number of allylic oxidation sites excluding steroid dienone is 1. The van der Waals surface area contributed by atoms with Crippen LogP contribution >= 0.6 is 50.7 Å². The van der Waals surface area contributed by atoms with Crippen molar-refractivity contribution in [2.75, 3.05) is 6.54 Å². The molecule has 2 N–H and O–H groups in total. The van der Waals surface area contributed by atoms with E-state index >= 15 is 0 Å². The van der Waals surface area contributed by atoms with E-state index in [2.05, 4.69) is 26.6 Å². The molecule has 0 saturated heterocycles. The summed E-state index contributed by atoms with van der Waals surface area (Å²) in [6, 6.07) is 5.92. The maximum atomic E-state index is 13.7. The standard InChI is InChI=1S/C22H19BrCl3F3N2O2/c1-3-30-20(32)11(2)31-21(33)14-6-4-12(8-16(14)23)5-7-15(22(27,28)29)13-9-17(24)19(26)18(25)10-13/h4-11,15H,3H2,1-2H3,(H,30,32)(H,31,33)/b7-5+. The van der Waals surface area contributed by atoms with Gasteiger partial charge in [0.05, 0.1) is 26.5 Å². The molecule has 0 heterocycles. The van der Waals surface area contributed by atoms with Gasteiger partial charge in [-0.15, -0.1) is 0 Å². The van der Waals surface area contributed by atoms with Crippen LogP contribution in [0.3, 0.4) is 0 Å². The molecule has 2 aromatic rings. The number of rotatable bonds is 7. The Kier molecular flexibility index (Phi) is 9.67. The van der Waals surface area contributed by atoms with Crippen molar-refractivity contribution < 1.29 is 22.8 Å². The van der Waals surface area contributed by atoms with E-state index in [1.165, 1.54) is 24.3 Å². The molecule has 0 bridgehead atoms. The maximum absolute atomic E-state index is 13.7. The van der Waals surface area contributed by atoms with Gasteiger partial charge in [0.2, 0.25) is 5.91 Å². The summed E-state index contributed by atoms with van der Waals surface area (Å²) in [5.74, 6) is -2.82. The summed E-state index contributed by atoms with van der Waals surface area (Å²) >= 11 is 20.9. The summed E-state index contributed by atoms with van der Waals surface area (Å²) in [6.45, 7) is 3.73. The Labute approximate surface area is 212 Å². The van der Waals surface area contributed by atoms with E-state index in [0.717, 1.165) is 18.2 Å². The predicted octanol–water partition coefficient (Wildman–Crippen LogP) is 7.02. The molecule has 11 heteroatoms. The smallest absolute Gasteiger partial charge is 0.355 e. The molecule has 2 rings (SSSR count). The zero-order chi connectivity index (χ0) is 24.9. The summed E-state index contributed by atoms with van der Waals surface area (Å²) < 4.78 is 41.4. The van der Waals surface area contributed by atoms with Gasteiger partial charge in [-0.3, -0.25) is 9.59 Å². The highest BCUT2D eigenvalue weighted by Gasteiger charge is 2.39. The van der Waals surface area contributed by atoms with Gasteiger partial charge in [-0.25, -0.2) is 0 Å². The highest BCUT2D eigenvalue weighted by Crippen LogP contribution is 2.41. The van der Waals surface area contributed by atoms with Gasteiger partial charge in [0.25, 0.3) is 5.91 Å². The van der Waals surface area contributed by atoms with Crippen LogP contribution in [0.25, 0.3) is 6.08 Å². The molecule has 2 unspecified atom stereocenters. The number of hydrogen-bond acceptors (Lipinski definition) is 2. The monoisotopic (exact) mass is 584 g/mol. The van der Waals surface area contributed by atoms with Gasteiger partial charge in [-0.1, -0.05) is 53.0 Å². The first-order chi connectivity index (χ1) is 15.3. The molecule has 0 aliphatic heterocycles. The van der Waals surface area contributed by atoms with Gasteiger partial charge >= 0.3 is 6.18 Å². The van der Waals surface area contributed by atoms with Crippen molar-refractivity contribution in [2.24, 2.45) is 0 Å². The molecule has 0 fully saturated rings. The van der Waals surface area contributed by atoms with Crippen molar-refractivity contribution in [3.63, 3.8) is 0 Å². The summed E-state index contributed by atoms with van der Waals surface area (Å²) in [7, 11) is 0. The first kappa shape index (κ1) is 27.5. The van der Waals surface area contributed by atoms with Crippen LogP contribution in [0.5, 0.6) is 0 Å². The average Bonchev–Trinajstić information content (AvgIpc) is 2.71. The van der Waals surface area contributed by atoms with Crippen LogP contribution in [0.2, 0.25) is 15.1 Å². The van der Waals surface area contributed by atoms with E-state index in [1.54, 1.807) is 13.8 Å². The van der Waals surface area contributed by atoms with E-state index in [0.29, 0.717) is 16.6 Å². The number of halogens is 7. The van der Waals surface area contributed by atoms with Crippen LogP contribution in [0, 0.1) is 0 Å². The van der Waals surface area contributed by atoms with Crippen LogP contribution in [-0.4, -0.2) is 30.6 Å². The Morgan fingerprint density at radius 1 is 1.12 bits per heavy atom. The summed E-state index contributed by atoms with van der Waals surface area (Å²) in [6.07, 6.45) is -2.36. The number of likely N-dealkylation sites (N-methyl/N-ethyl adjacent to an activating group) is 1. The van der Waals surface area contributed by atoms with Gasteiger partial charge < -0.3 is 10.6 Å². The molecule has 0 spiro atoms. The quantitative estimate of drug-likeness (QED) is 0.343. The van der Waals surface area contributed by atoms with E-state index < -0.39 is 24.0 Å². The lowest BCUT2D eigenvalue weighted by molar-refractivity contribution is -0.139. The lowest BCUT2D eigenvalue weighted by Gasteiger charge is -2.18. The zero-order valence-corrected chi connectivity index (χ0v) is 21.2. The number of alkyl halides is 3. The third-order valence-corrected chi connectivity index (χ3v) is 6.38. The Hall–Kier alpha value is -1.74. The molecule has 0 aliphatic rings. The second-order valence-electron chi connectivity index (χ2n) is 7.01. The number of nitrogens with one attached hydrogen (secondary N) is 2. The van der Waals surface area contributed by atoms with Gasteiger partial charge in [0, 0.05) is 11.0 Å². The zero-order valence-electron chi connectivity index (χ0n) is 17.4. The van der Waals surface area contributed by atoms with Crippen molar-refractivity contribution in [1.82, 2.24) is 10.6 Å². The van der Waals surface area contributed by atoms with Crippen molar-refractivity contribution in [1.29, 1.82) is 0 Å². The highest BCUT2D eigenvalue weighted by molar-refractivity contribution is 9.10. The molecular weight excluding hydrogens is 568 g/mol. The largest absolute Gasteiger partial charge is 0.399 e. The molecule has 0 saturated carbocycles. The summed E-state index contributed by atoms with van der Waals surface area (Å²) in [5.41, 5.74) is 0.482. The minimum Gasteiger partial charge on any atom is -0.355 e. The number of amides is 2. The third-order valence-electron chi connectivity index (χ3n) is 4.53. The molecule has 4 nitrogen and oxygen atoms in total. The number of carbonyl (C=O) groups excluding carboxylic acids is 2. The molecule has 2 amide bonds. The van der Waals surface area contributed by atoms with Crippen molar-refractivity contribution in [3.05, 3.63) is 72.6 Å². The topological polar surface area (TPSA) is 58.2 Å². The normalized spacial score (nSPS) is 13.6. The van der Waals surface area contributed by atoms with Gasteiger partial charge in [0.1, 0.15) is 6.04 Å². The van der Waals surface area contributed by atoms with Crippen molar-refractivity contribution in [2.45, 2.75) is 32.0 Å². The number of hydrogen-bond donors (Lipinski definition) is 2. The third kappa shape index (κ3) is 7.37. The lowest BCUT2D eigenvalue weighted by atomic mass is 9.97. The van der Waals surface area contributed by atoms with E-state index in [-0.39, 0.29) is 32.1 Å². The van der Waals surface area contributed by atoms with Gasteiger partial charge in [-0.05, 0) is 65.2 Å². The van der Waals surface area contributed by atoms with E-state index in [1.807, 2.05) is 0 Å². The molecule has 2 atom stereocenters. The molecule has 0 aromatic heterocycles. The SMILES string of the molecule is CCNC(=O)C(C)NC(=O)c1ccc(/C=C/C(c2cc(Cl)c(Cl)c(Cl)c2)C(F)(F)F)cc1Br. The van der Waals surface area contributed by atoms with Crippen LogP contribution in [0.4, 0.5) is 13.2 Å². The molecule has 0 aliphatic carbocycles. The Balaban J connectivity index is 2.27. The lowest BCUT2D eigenvalue weighted by Crippen LogP contribution is -2.44. The number of carbonyl (C=O) groups is 2. The average molecular weight is 587 g/mol. The first-order valence-electron chi connectivity index (χ1n) is 9.62. The second-order valence-corrected chi connectivity index (χ2v) is 9.05. The van der Waals surface area contributed by atoms with Crippen molar-refractivity contribution in [3.8, 4) is 0 Å². The Morgan fingerprint density at radius 3 is 2.24 bits per heavy atom. The van der Waals surface area contributed by atoms with Crippen LogP contribution in [0.1, 0.15) is 41.3 Å². The fourth-order valence-corrected chi connectivity index (χ4v) is 4.05. The fraction of sp³-hybridized carbons (Fsp3) is 0.273. The molecular formula is C22H19BrCl3F3N2O2. The predicted molar refractivity (Wildman–Crippen MR) is 129 cm³/mol. The van der Waals surface area contributed by atoms with Crippen LogP contribution in [-0.2, 0) is 4.79 Å². The maximum Gasteiger partial charge on any atom is 0.399 e. The van der Waals surface area contributed by atoms with Crippen LogP contribution < -0.4 is 10.6 Å². The van der Waals surface area contributed by atoms with Gasteiger partial charge in [0.15, 0.2) is 0 Å². The van der Waals surface area contributed by atoms with Gasteiger partial charge in [-0.2, -0.15) is 13.2 Å². The molecule has 0 radical (unpaired) electrons. The molecule has 178 valence electrons. The molecule has 2 aromatic carbocycles. The van der Waals surface area contributed by atoms with Crippen LogP contribution in [0.15, 0.2) is 40.9 Å². The summed E-state index contributed by atoms with van der Waals surface area (Å²) in [4.78, 5) is 24.2. The fourth-order valence-electron chi connectivity index (χ4n) is 2.86. The molecule has 33 heavy (non-hydrogen) atoms. The van der Waals surface area contributed by atoms with E-state index in [4.69, 9.17) is 34.8 Å². The minimum absolute atomic E-state index is 0.0220. The minimum atomic E-state index is -4.61.